The van der Waals surface area contributed by atoms with E-state index in [-0.39, 0.29) is 5.82 Å². The highest BCUT2D eigenvalue weighted by molar-refractivity contribution is 5.92. The van der Waals surface area contributed by atoms with Crippen LogP contribution in [0.1, 0.15) is 40.9 Å². The second-order valence-corrected chi connectivity index (χ2v) is 5.96. The number of rotatable bonds is 5. The van der Waals surface area contributed by atoms with Gasteiger partial charge >= 0.3 is 5.91 Å². The molecule has 128 valence electrons. The molecule has 2 aromatic heterocycles. The van der Waals surface area contributed by atoms with E-state index in [9.17, 15) is 4.79 Å². The van der Waals surface area contributed by atoms with Crippen LogP contribution in [0.4, 0.5) is 0 Å². The maximum absolute atomic E-state index is 12.2. The molecule has 3 aromatic rings. The quantitative estimate of drug-likeness (QED) is 0.573. The third kappa shape index (κ3) is 4.06. The molecule has 0 aliphatic carbocycles. The number of nitrogens with one attached hydrogen (secondary N) is 1. The van der Waals surface area contributed by atoms with Crippen LogP contribution in [0.2, 0.25) is 0 Å². The largest absolute Gasteiger partial charge is 0.311 e. The van der Waals surface area contributed by atoms with Crippen molar-refractivity contribution in [2.24, 2.45) is 5.10 Å². The number of hydrogen-bond donors (Lipinski definition) is 1. The summed E-state index contributed by atoms with van der Waals surface area (Å²) in [6, 6.07) is 12.0. The van der Waals surface area contributed by atoms with Crippen molar-refractivity contribution in [1.82, 2.24) is 25.0 Å². The molecule has 7 heteroatoms. The van der Waals surface area contributed by atoms with Crippen LogP contribution in [0.3, 0.4) is 0 Å². The van der Waals surface area contributed by atoms with Crippen molar-refractivity contribution in [2.75, 3.05) is 0 Å². The molecule has 0 unspecified atom stereocenters. The summed E-state index contributed by atoms with van der Waals surface area (Å²) in [4.78, 5) is 20.6. The van der Waals surface area contributed by atoms with Crippen LogP contribution in [0.15, 0.2) is 41.5 Å². The SMILES string of the molecule is C/C(CCc1ccccc1)=N/NC(=O)c1nc2nc(C)cc(C)n2n1. The Balaban J connectivity index is 1.64. The molecule has 3 rings (SSSR count). The zero-order valence-corrected chi connectivity index (χ0v) is 14.5. The summed E-state index contributed by atoms with van der Waals surface area (Å²) in [6.45, 7) is 5.65. The predicted octanol–water partition coefficient (Wildman–Crippen LogP) is 2.48. The molecule has 7 nitrogen and oxygen atoms in total. The van der Waals surface area contributed by atoms with Gasteiger partial charge < -0.3 is 0 Å². The van der Waals surface area contributed by atoms with Crippen molar-refractivity contribution in [3.63, 3.8) is 0 Å². The third-order valence-electron chi connectivity index (χ3n) is 3.79. The van der Waals surface area contributed by atoms with Gasteiger partial charge in [-0.25, -0.2) is 14.9 Å². The molecule has 0 radical (unpaired) electrons. The van der Waals surface area contributed by atoms with Crippen molar-refractivity contribution in [3.05, 3.63) is 59.2 Å². The maximum atomic E-state index is 12.2. The zero-order valence-electron chi connectivity index (χ0n) is 14.5. The number of benzene rings is 1. The maximum Gasteiger partial charge on any atom is 0.311 e. The Hall–Kier alpha value is -3.09. The molecule has 0 atom stereocenters. The van der Waals surface area contributed by atoms with Crippen LogP contribution in [-0.2, 0) is 6.42 Å². The Morgan fingerprint density at radius 2 is 1.96 bits per heavy atom. The van der Waals surface area contributed by atoms with Crippen LogP contribution >= 0.6 is 0 Å². The van der Waals surface area contributed by atoms with E-state index >= 15 is 0 Å². The minimum atomic E-state index is -0.443. The first kappa shape index (κ1) is 16.8. The van der Waals surface area contributed by atoms with Gasteiger partial charge in [-0.2, -0.15) is 10.1 Å². The van der Waals surface area contributed by atoms with Gasteiger partial charge in [-0.1, -0.05) is 30.3 Å². The Kier molecular flexibility index (Phi) is 4.83. The number of carbonyl (C=O) groups excluding carboxylic acids is 1. The van der Waals surface area contributed by atoms with Gasteiger partial charge in [0.1, 0.15) is 0 Å². The summed E-state index contributed by atoms with van der Waals surface area (Å²) in [7, 11) is 0. The number of hydrazone groups is 1. The fourth-order valence-corrected chi connectivity index (χ4v) is 2.48. The molecule has 1 amide bonds. The van der Waals surface area contributed by atoms with Gasteiger partial charge in [0.05, 0.1) is 0 Å². The van der Waals surface area contributed by atoms with Crippen molar-refractivity contribution in [1.29, 1.82) is 0 Å². The van der Waals surface area contributed by atoms with Gasteiger partial charge in [-0.15, -0.1) is 5.10 Å². The summed E-state index contributed by atoms with van der Waals surface area (Å²) in [5.74, 6) is 0.0230. The standard InChI is InChI=1S/C18H20N6O/c1-12(9-10-15-7-5-4-6-8-15)21-22-17(25)16-20-18-19-13(2)11-14(3)24(18)23-16/h4-8,11H,9-10H2,1-3H3,(H,22,25)/b21-12-. The number of nitrogens with zero attached hydrogens (tertiary/aromatic N) is 5. The molecule has 25 heavy (non-hydrogen) atoms. The smallest absolute Gasteiger partial charge is 0.264 e. The fourth-order valence-electron chi connectivity index (χ4n) is 2.48. The van der Waals surface area contributed by atoms with E-state index in [1.54, 1.807) is 4.52 Å². The second-order valence-electron chi connectivity index (χ2n) is 5.96. The average molecular weight is 336 g/mol. The van der Waals surface area contributed by atoms with E-state index < -0.39 is 5.91 Å². The lowest BCUT2D eigenvalue weighted by Gasteiger charge is -2.02. The number of aromatic nitrogens is 4. The highest BCUT2D eigenvalue weighted by Crippen LogP contribution is 2.06. The highest BCUT2D eigenvalue weighted by atomic mass is 16.2. The lowest BCUT2D eigenvalue weighted by atomic mass is 10.1. The van der Waals surface area contributed by atoms with Gasteiger partial charge in [-0.3, -0.25) is 4.79 Å². The summed E-state index contributed by atoms with van der Waals surface area (Å²) in [5.41, 5.74) is 6.29. The normalized spacial score (nSPS) is 11.7. The lowest BCUT2D eigenvalue weighted by molar-refractivity contribution is 0.0944. The first-order chi connectivity index (χ1) is 12.0. The monoisotopic (exact) mass is 336 g/mol. The van der Waals surface area contributed by atoms with Crippen molar-refractivity contribution in [2.45, 2.75) is 33.6 Å². The molecule has 0 saturated carbocycles. The topological polar surface area (TPSA) is 84.5 Å². The molecule has 1 N–H and O–H groups in total. The van der Waals surface area contributed by atoms with Crippen LogP contribution in [0.25, 0.3) is 5.78 Å². The van der Waals surface area contributed by atoms with Crippen molar-refractivity contribution in [3.8, 4) is 0 Å². The Morgan fingerprint density at radius 1 is 1.20 bits per heavy atom. The molecule has 0 aliphatic rings. The molecule has 0 fully saturated rings. The van der Waals surface area contributed by atoms with Gasteiger partial charge in [0, 0.05) is 17.1 Å². The zero-order chi connectivity index (χ0) is 17.8. The summed E-state index contributed by atoms with van der Waals surface area (Å²) >= 11 is 0. The van der Waals surface area contributed by atoms with Crippen LogP contribution in [0, 0.1) is 13.8 Å². The number of carbonyl (C=O) groups is 1. The minimum absolute atomic E-state index is 0.0563. The van der Waals surface area contributed by atoms with Gasteiger partial charge in [-0.05, 0) is 45.2 Å². The highest BCUT2D eigenvalue weighted by Gasteiger charge is 2.14. The number of amides is 1. The molecular weight excluding hydrogens is 316 g/mol. The van der Waals surface area contributed by atoms with Crippen molar-refractivity contribution < 1.29 is 4.79 Å². The Labute approximate surface area is 145 Å². The average Bonchev–Trinajstić information content (AvgIpc) is 3.03. The van der Waals surface area contributed by atoms with Gasteiger partial charge in [0.25, 0.3) is 5.78 Å². The molecule has 1 aromatic carbocycles. The molecule has 0 bridgehead atoms. The molecule has 0 aliphatic heterocycles. The predicted molar refractivity (Wildman–Crippen MR) is 95.6 cm³/mol. The molecule has 2 heterocycles. The van der Waals surface area contributed by atoms with Gasteiger partial charge in [0.15, 0.2) is 0 Å². The summed E-state index contributed by atoms with van der Waals surface area (Å²) < 4.78 is 1.55. The van der Waals surface area contributed by atoms with E-state index in [0.717, 1.165) is 29.9 Å². The molecule has 0 saturated heterocycles. The third-order valence-corrected chi connectivity index (χ3v) is 3.79. The first-order valence-electron chi connectivity index (χ1n) is 8.11. The number of hydrogen-bond acceptors (Lipinski definition) is 5. The summed E-state index contributed by atoms with van der Waals surface area (Å²) in [6.07, 6.45) is 1.64. The fraction of sp³-hybridized carbons (Fsp3) is 0.278. The minimum Gasteiger partial charge on any atom is -0.264 e. The number of aryl methyl sites for hydroxylation is 3. The molecular formula is C18H20N6O. The molecule has 0 spiro atoms. The van der Waals surface area contributed by atoms with E-state index in [2.05, 4.69) is 37.7 Å². The van der Waals surface area contributed by atoms with Crippen LogP contribution in [0.5, 0.6) is 0 Å². The number of fused-ring (bicyclic) bond motifs is 1. The van der Waals surface area contributed by atoms with Crippen LogP contribution < -0.4 is 5.43 Å². The second kappa shape index (κ2) is 7.21. The van der Waals surface area contributed by atoms with Crippen molar-refractivity contribution >= 4 is 17.4 Å². The lowest BCUT2D eigenvalue weighted by Crippen LogP contribution is -2.20. The van der Waals surface area contributed by atoms with E-state index in [1.807, 2.05) is 45.0 Å². The first-order valence-corrected chi connectivity index (χ1v) is 8.11. The summed E-state index contributed by atoms with van der Waals surface area (Å²) in [5, 5.41) is 8.32. The van der Waals surface area contributed by atoms with E-state index in [4.69, 9.17) is 0 Å². The van der Waals surface area contributed by atoms with Gasteiger partial charge in [0.2, 0.25) is 5.82 Å². The Morgan fingerprint density at radius 3 is 2.72 bits per heavy atom. The van der Waals surface area contributed by atoms with E-state index in [1.165, 1.54) is 5.56 Å². The Bertz CT molecular complexity index is 929. The van der Waals surface area contributed by atoms with E-state index in [0.29, 0.717) is 5.78 Å². The van der Waals surface area contributed by atoms with Crippen LogP contribution in [-0.4, -0.2) is 31.2 Å².